The van der Waals surface area contributed by atoms with E-state index >= 15 is 0 Å². The zero-order valence-electron chi connectivity index (χ0n) is 16.4. The molecular weight excluding hydrogens is 338 g/mol. The van der Waals surface area contributed by atoms with Crippen LogP contribution in [0.4, 0.5) is 5.69 Å². The van der Waals surface area contributed by atoms with Crippen LogP contribution in [-0.4, -0.2) is 15.3 Å². The van der Waals surface area contributed by atoms with E-state index in [1.54, 1.807) is 4.68 Å². The molecule has 0 aliphatic heterocycles. The van der Waals surface area contributed by atoms with E-state index in [0.29, 0.717) is 5.69 Å². The van der Waals surface area contributed by atoms with Gasteiger partial charge in [-0.1, -0.05) is 57.2 Å². The predicted molar refractivity (Wildman–Crippen MR) is 109 cm³/mol. The third kappa shape index (κ3) is 3.45. The van der Waals surface area contributed by atoms with Gasteiger partial charge in [0.2, 0.25) is 5.91 Å². The van der Waals surface area contributed by atoms with Crippen molar-refractivity contribution in [2.75, 3.05) is 5.32 Å². The minimum atomic E-state index is -0.374. The Kier molecular flexibility index (Phi) is 4.79. The van der Waals surface area contributed by atoms with E-state index in [0.717, 1.165) is 22.6 Å². The van der Waals surface area contributed by atoms with Gasteiger partial charge in [-0.25, -0.2) is 9.36 Å². The number of aromatic nitrogens is 2. The molecule has 0 radical (unpaired) electrons. The summed E-state index contributed by atoms with van der Waals surface area (Å²) in [5, 5.41) is 2.77. The fourth-order valence-corrected chi connectivity index (χ4v) is 3.32. The van der Waals surface area contributed by atoms with Gasteiger partial charge in [0.05, 0.1) is 17.1 Å². The number of carbonyl (C=O) groups excluding carboxylic acids is 1. The van der Waals surface area contributed by atoms with Crippen molar-refractivity contribution in [2.24, 2.45) is 0 Å². The molecule has 3 aromatic rings. The van der Waals surface area contributed by atoms with Gasteiger partial charge in [0.25, 0.3) is 5.56 Å². The Balaban J connectivity index is 2.50. The highest BCUT2D eigenvalue weighted by Gasteiger charge is 2.31. The molecule has 3 rings (SSSR count). The number of aryl methyl sites for hydroxylation is 1. The molecule has 0 bridgehead atoms. The van der Waals surface area contributed by atoms with Crippen molar-refractivity contribution in [3.8, 4) is 11.4 Å². The molecule has 1 N–H and O–H groups in total. The van der Waals surface area contributed by atoms with Gasteiger partial charge in [0.15, 0.2) is 0 Å². The second kappa shape index (κ2) is 6.91. The van der Waals surface area contributed by atoms with Crippen LogP contribution in [0.5, 0.6) is 0 Å². The maximum absolute atomic E-state index is 13.4. The number of nitrogens with one attached hydrogen (secondary N) is 1. The first-order chi connectivity index (χ1) is 12.7. The largest absolute Gasteiger partial charge is 0.320 e. The van der Waals surface area contributed by atoms with E-state index in [1.807, 2.05) is 87.0 Å². The van der Waals surface area contributed by atoms with E-state index in [-0.39, 0.29) is 16.9 Å². The lowest BCUT2D eigenvalue weighted by Gasteiger charge is -2.24. The Morgan fingerprint density at radius 2 is 1.52 bits per heavy atom. The Labute approximate surface area is 159 Å². The van der Waals surface area contributed by atoms with Gasteiger partial charge >= 0.3 is 0 Å². The first-order valence-electron chi connectivity index (χ1n) is 8.99. The minimum Gasteiger partial charge on any atom is -0.320 e. The van der Waals surface area contributed by atoms with Crippen molar-refractivity contribution in [1.29, 1.82) is 0 Å². The van der Waals surface area contributed by atoms with Gasteiger partial charge in [0.1, 0.15) is 5.69 Å². The van der Waals surface area contributed by atoms with E-state index in [2.05, 4.69) is 5.32 Å². The molecule has 1 aromatic heterocycles. The van der Waals surface area contributed by atoms with Crippen LogP contribution >= 0.6 is 0 Å². The number of anilines is 1. The SMILES string of the molecule is CC(=O)Nc1c(C(C)(C)C)n(-c2ccccc2)n(-c2ccccc2C)c1=O. The van der Waals surface area contributed by atoms with E-state index in [4.69, 9.17) is 0 Å². The standard InChI is InChI=1S/C22H25N3O2/c1-15-11-9-10-14-18(15)25-21(27)19(23-16(2)26)20(22(3,4)5)24(25)17-12-7-6-8-13-17/h6-14H,1-5H3,(H,23,26). The molecule has 0 aliphatic carbocycles. The quantitative estimate of drug-likeness (QED) is 0.758. The molecule has 5 nitrogen and oxygen atoms in total. The monoisotopic (exact) mass is 363 g/mol. The number of hydrogen-bond acceptors (Lipinski definition) is 2. The second-order valence-corrected chi connectivity index (χ2v) is 7.71. The number of benzene rings is 2. The Morgan fingerprint density at radius 1 is 0.926 bits per heavy atom. The number of carbonyl (C=O) groups is 1. The lowest BCUT2D eigenvalue weighted by Crippen LogP contribution is -2.24. The fourth-order valence-electron chi connectivity index (χ4n) is 3.32. The summed E-state index contributed by atoms with van der Waals surface area (Å²) < 4.78 is 3.56. The van der Waals surface area contributed by atoms with Gasteiger partial charge < -0.3 is 5.32 Å². The average Bonchev–Trinajstić information content (AvgIpc) is 2.88. The van der Waals surface area contributed by atoms with Gasteiger partial charge in [-0.05, 0) is 30.7 Å². The lowest BCUT2D eigenvalue weighted by molar-refractivity contribution is -0.114. The number of para-hydroxylation sites is 2. The number of amides is 1. The molecule has 5 heteroatoms. The number of hydrogen-bond donors (Lipinski definition) is 1. The van der Waals surface area contributed by atoms with Crippen molar-refractivity contribution in [3.63, 3.8) is 0 Å². The molecule has 0 unspecified atom stereocenters. The predicted octanol–water partition coefficient (Wildman–Crippen LogP) is 4.19. The molecule has 2 aromatic carbocycles. The third-order valence-electron chi connectivity index (χ3n) is 4.41. The Bertz CT molecular complexity index is 1040. The zero-order valence-corrected chi connectivity index (χ0v) is 16.4. The van der Waals surface area contributed by atoms with Crippen molar-refractivity contribution in [1.82, 2.24) is 9.36 Å². The van der Waals surface area contributed by atoms with Crippen molar-refractivity contribution < 1.29 is 4.79 Å². The van der Waals surface area contributed by atoms with E-state index < -0.39 is 0 Å². The summed E-state index contributed by atoms with van der Waals surface area (Å²) in [5.41, 5.74) is 3.09. The first kappa shape index (κ1) is 18.7. The number of rotatable bonds is 3. The van der Waals surface area contributed by atoms with Crippen LogP contribution in [-0.2, 0) is 10.2 Å². The van der Waals surface area contributed by atoms with Crippen LogP contribution in [0.2, 0.25) is 0 Å². The molecule has 0 fully saturated rings. The summed E-state index contributed by atoms with van der Waals surface area (Å²) in [7, 11) is 0. The van der Waals surface area contributed by atoms with Crippen LogP contribution in [0, 0.1) is 6.92 Å². The van der Waals surface area contributed by atoms with E-state index in [9.17, 15) is 9.59 Å². The average molecular weight is 363 g/mol. The van der Waals surface area contributed by atoms with Gasteiger partial charge in [-0.15, -0.1) is 0 Å². The summed E-state index contributed by atoms with van der Waals surface area (Å²) in [6, 6.07) is 17.5. The van der Waals surface area contributed by atoms with Crippen molar-refractivity contribution in [2.45, 2.75) is 40.0 Å². The lowest BCUT2D eigenvalue weighted by atomic mass is 9.90. The van der Waals surface area contributed by atoms with Gasteiger partial charge in [-0.2, -0.15) is 0 Å². The maximum atomic E-state index is 13.4. The van der Waals surface area contributed by atoms with E-state index in [1.165, 1.54) is 6.92 Å². The minimum absolute atomic E-state index is 0.242. The summed E-state index contributed by atoms with van der Waals surface area (Å²) in [5.74, 6) is -0.264. The molecule has 0 saturated heterocycles. The van der Waals surface area contributed by atoms with Crippen LogP contribution in [0.25, 0.3) is 11.4 Å². The Morgan fingerprint density at radius 3 is 2.07 bits per heavy atom. The summed E-state index contributed by atoms with van der Waals surface area (Å²) >= 11 is 0. The molecule has 0 aliphatic rings. The highest BCUT2D eigenvalue weighted by molar-refractivity contribution is 5.89. The molecule has 0 spiro atoms. The van der Waals surface area contributed by atoms with Gasteiger partial charge in [0, 0.05) is 12.3 Å². The van der Waals surface area contributed by atoms with Crippen molar-refractivity contribution >= 4 is 11.6 Å². The topological polar surface area (TPSA) is 56.0 Å². The molecule has 1 heterocycles. The highest BCUT2D eigenvalue weighted by Crippen LogP contribution is 2.32. The fraction of sp³-hybridized carbons (Fsp3) is 0.273. The maximum Gasteiger partial charge on any atom is 0.295 e. The Hall–Kier alpha value is -3.08. The summed E-state index contributed by atoms with van der Waals surface area (Å²) in [4.78, 5) is 25.3. The molecule has 0 saturated carbocycles. The van der Waals surface area contributed by atoms with Crippen LogP contribution < -0.4 is 10.9 Å². The third-order valence-corrected chi connectivity index (χ3v) is 4.41. The smallest absolute Gasteiger partial charge is 0.295 e. The van der Waals surface area contributed by atoms with Crippen LogP contribution in [0.1, 0.15) is 39.0 Å². The zero-order chi connectivity index (χ0) is 19.8. The number of nitrogens with zero attached hydrogens (tertiary/aromatic N) is 2. The normalized spacial score (nSPS) is 11.4. The second-order valence-electron chi connectivity index (χ2n) is 7.71. The van der Waals surface area contributed by atoms with Gasteiger partial charge in [-0.3, -0.25) is 9.59 Å². The van der Waals surface area contributed by atoms with Crippen LogP contribution in [0.15, 0.2) is 59.4 Å². The molecule has 27 heavy (non-hydrogen) atoms. The molecule has 140 valence electrons. The summed E-state index contributed by atoms with van der Waals surface area (Å²) in [6.07, 6.45) is 0. The first-order valence-corrected chi connectivity index (χ1v) is 8.99. The van der Waals surface area contributed by atoms with Crippen molar-refractivity contribution in [3.05, 3.63) is 76.2 Å². The van der Waals surface area contributed by atoms with Crippen LogP contribution in [0.3, 0.4) is 0 Å². The molecular formula is C22H25N3O2. The molecule has 1 amide bonds. The highest BCUT2D eigenvalue weighted by atomic mass is 16.2. The summed E-state index contributed by atoms with van der Waals surface area (Å²) in [6.45, 7) is 9.50. The molecule has 0 atom stereocenters.